The van der Waals surface area contributed by atoms with Gasteiger partial charge in [-0.15, -0.1) is 0 Å². The standard InChI is InChI=1S/C11H11BrN2O2/c1-7-8(2)16-10(13-7)6-14-5-9(12)3-4-11(14)15/h3-5H,6H2,1-2H3. The van der Waals surface area contributed by atoms with Crippen molar-refractivity contribution in [3.63, 3.8) is 0 Å². The highest BCUT2D eigenvalue weighted by Crippen LogP contribution is 2.10. The molecule has 0 spiro atoms. The first-order chi connectivity index (χ1) is 7.56. The molecule has 4 nitrogen and oxygen atoms in total. The lowest BCUT2D eigenvalue weighted by molar-refractivity contribution is 0.453. The number of rotatable bonds is 2. The van der Waals surface area contributed by atoms with E-state index in [0.717, 1.165) is 15.9 Å². The van der Waals surface area contributed by atoms with Gasteiger partial charge in [0.15, 0.2) is 0 Å². The molecule has 0 aliphatic heterocycles. The summed E-state index contributed by atoms with van der Waals surface area (Å²) >= 11 is 3.32. The van der Waals surface area contributed by atoms with Crippen LogP contribution >= 0.6 is 15.9 Å². The molecule has 0 bridgehead atoms. The minimum atomic E-state index is -0.0725. The number of halogens is 1. The fourth-order valence-electron chi connectivity index (χ4n) is 1.38. The Morgan fingerprint density at radius 3 is 2.81 bits per heavy atom. The molecule has 0 saturated carbocycles. The van der Waals surface area contributed by atoms with Crippen molar-refractivity contribution in [2.45, 2.75) is 20.4 Å². The Labute approximate surface area is 101 Å². The summed E-state index contributed by atoms with van der Waals surface area (Å²) in [6.45, 7) is 4.09. The Hall–Kier alpha value is -1.36. The SMILES string of the molecule is Cc1nc(Cn2cc(Br)ccc2=O)oc1C. The molecule has 0 amide bonds. The molecular formula is C11H11BrN2O2. The fraction of sp³-hybridized carbons (Fsp3) is 0.273. The van der Waals surface area contributed by atoms with E-state index < -0.39 is 0 Å². The largest absolute Gasteiger partial charge is 0.444 e. The van der Waals surface area contributed by atoms with Crippen molar-refractivity contribution in [3.05, 3.63) is 50.5 Å². The summed E-state index contributed by atoms with van der Waals surface area (Å²) in [6, 6.07) is 3.22. The van der Waals surface area contributed by atoms with Crippen LogP contribution in [0.1, 0.15) is 17.3 Å². The molecule has 0 aliphatic rings. The van der Waals surface area contributed by atoms with Crippen LogP contribution in [-0.4, -0.2) is 9.55 Å². The Morgan fingerprint density at radius 1 is 1.44 bits per heavy atom. The first-order valence-electron chi connectivity index (χ1n) is 4.85. The second-order valence-electron chi connectivity index (χ2n) is 3.56. The monoisotopic (exact) mass is 282 g/mol. The van der Waals surface area contributed by atoms with Gasteiger partial charge in [-0.25, -0.2) is 4.98 Å². The Bertz CT molecular complexity index is 552. The smallest absolute Gasteiger partial charge is 0.251 e. The summed E-state index contributed by atoms with van der Waals surface area (Å²) in [6.07, 6.45) is 1.72. The van der Waals surface area contributed by atoms with Crippen LogP contribution in [0.4, 0.5) is 0 Å². The highest BCUT2D eigenvalue weighted by atomic mass is 79.9. The van der Waals surface area contributed by atoms with E-state index in [0.29, 0.717) is 12.4 Å². The van der Waals surface area contributed by atoms with Gasteiger partial charge in [-0.05, 0) is 35.8 Å². The molecule has 0 atom stereocenters. The van der Waals surface area contributed by atoms with Gasteiger partial charge in [0, 0.05) is 16.7 Å². The molecule has 0 fully saturated rings. The summed E-state index contributed by atoms with van der Waals surface area (Å²) in [4.78, 5) is 15.8. The zero-order valence-corrected chi connectivity index (χ0v) is 10.6. The zero-order chi connectivity index (χ0) is 11.7. The molecule has 2 rings (SSSR count). The van der Waals surface area contributed by atoms with Gasteiger partial charge in [0.05, 0.1) is 5.69 Å². The van der Waals surface area contributed by atoms with Crippen molar-refractivity contribution in [2.75, 3.05) is 0 Å². The first-order valence-corrected chi connectivity index (χ1v) is 5.64. The lowest BCUT2D eigenvalue weighted by Gasteiger charge is -2.01. The van der Waals surface area contributed by atoms with Gasteiger partial charge in [0.2, 0.25) is 5.89 Å². The molecule has 5 heteroatoms. The Kier molecular flexibility index (Phi) is 2.96. The predicted octanol–water partition coefficient (Wildman–Crippen LogP) is 2.26. The van der Waals surface area contributed by atoms with E-state index in [1.54, 1.807) is 16.8 Å². The van der Waals surface area contributed by atoms with E-state index in [9.17, 15) is 4.79 Å². The fourth-order valence-corrected chi connectivity index (χ4v) is 1.76. The zero-order valence-electron chi connectivity index (χ0n) is 9.03. The highest BCUT2D eigenvalue weighted by molar-refractivity contribution is 9.10. The van der Waals surface area contributed by atoms with Crippen LogP contribution < -0.4 is 5.56 Å². The number of pyridine rings is 1. The number of nitrogens with zero attached hydrogens (tertiary/aromatic N) is 2. The molecule has 0 N–H and O–H groups in total. The van der Waals surface area contributed by atoms with Gasteiger partial charge in [-0.2, -0.15) is 0 Å². The van der Waals surface area contributed by atoms with Gasteiger partial charge >= 0.3 is 0 Å². The molecule has 0 aromatic carbocycles. The first kappa shape index (κ1) is 11.1. The third-order valence-electron chi connectivity index (χ3n) is 2.33. The highest BCUT2D eigenvalue weighted by Gasteiger charge is 2.07. The molecule has 0 saturated heterocycles. The Morgan fingerprint density at radius 2 is 2.19 bits per heavy atom. The van der Waals surface area contributed by atoms with E-state index in [2.05, 4.69) is 20.9 Å². The molecular weight excluding hydrogens is 272 g/mol. The third kappa shape index (κ3) is 2.24. The van der Waals surface area contributed by atoms with E-state index in [4.69, 9.17) is 4.42 Å². The van der Waals surface area contributed by atoms with Crippen LogP contribution in [0.25, 0.3) is 0 Å². The number of hydrogen-bond acceptors (Lipinski definition) is 3. The van der Waals surface area contributed by atoms with Gasteiger partial charge in [0.25, 0.3) is 5.56 Å². The molecule has 16 heavy (non-hydrogen) atoms. The summed E-state index contributed by atoms with van der Waals surface area (Å²) in [5.41, 5.74) is 0.787. The maximum Gasteiger partial charge on any atom is 0.251 e. The molecule has 0 radical (unpaired) electrons. The third-order valence-corrected chi connectivity index (χ3v) is 2.79. The van der Waals surface area contributed by atoms with Crippen LogP contribution in [0.5, 0.6) is 0 Å². The number of hydrogen-bond donors (Lipinski definition) is 0. The maximum absolute atomic E-state index is 11.5. The molecule has 0 aliphatic carbocycles. The average molecular weight is 283 g/mol. The minimum absolute atomic E-state index is 0.0725. The second-order valence-corrected chi connectivity index (χ2v) is 4.48. The summed E-state index contributed by atoms with van der Waals surface area (Å²) < 4.78 is 7.83. The van der Waals surface area contributed by atoms with Crippen molar-refractivity contribution in [1.29, 1.82) is 0 Å². The lowest BCUT2D eigenvalue weighted by Crippen LogP contribution is -2.18. The normalized spacial score (nSPS) is 10.7. The van der Waals surface area contributed by atoms with Gasteiger partial charge in [-0.3, -0.25) is 4.79 Å². The average Bonchev–Trinajstić information content (AvgIpc) is 2.52. The number of oxazole rings is 1. The molecule has 0 unspecified atom stereocenters. The molecule has 2 aromatic rings. The van der Waals surface area contributed by atoms with Crippen molar-refractivity contribution >= 4 is 15.9 Å². The van der Waals surface area contributed by atoms with Crippen LogP contribution in [0.15, 0.2) is 32.0 Å². The molecule has 2 heterocycles. The summed E-state index contributed by atoms with van der Waals surface area (Å²) in [7, 11) is 0. The second kappa shape index (κ2) is 4.25. The summed E-state index contributed by atoms with van der Waals surface area (Å²) in [5, 5.41) is 0. The van der Waals surface area contributed by atoms with Crippen molar-refractivity contribution < 1.29 is 4.42 Å². The van der Waals surface area contributed by atoms with Gasteiger partial charge < -0.3 is 8.98 Å². The lowest BCUT2D eigenvalue weighted by atomic mass is 10.4. The minimum Gasteiger partial charge on any atom is -0.444 e. The van der Waals surface area contributed by atoms with E-state index >= 15 is 0 Å². The van der Waals surface area contributed by atoms with E-state index in [-0.39, 0.29) is 5.56 Å². The quantitative estimate of drug-likeness (QED) is 0.849. The number of aryl methyl sites for hydroxylation is 2. The molecule has 84 valence electrons. The van der Waals surface area contributed by atoms with Crippen LogP contribution in [0.3, 0.4) is 0 Å². The van der Waals surface area contributed by atoms with Crippen molar-refractivity contribution in [3.8, 4) is 0 Å². The van der Waals surface area contributed by atoms with Crippen LogP contribution in [0, 0.1) is 13.8 Å². The van der Waals surface area contributed by atoms with E-state index in [1.165, 1.54) is 6.07 Å². The van der Waals surface area contributed by atoms with Crippen LogP contribution in [0.2, 0.25) is 0 Å². The topological polar surface area (TPSA) is 48.0 Å². The van der Waals surface area contributed by atoms with Gasteiger partial charge in [-0.1, -0.05) is 0 Å². The summed E-state index contributed by atoms with van der Waals surface area (Å²) in [5.74, 6) is 1.34. The van der Waals surface area contributed by atoms with Gasteiger partial charge in [0.1, 0.15) is 12.3 Å². The predicted molar refractivity (Wildman–Crippen MR) is 63.5 cm³/mol. The number of aromatic nitrogens is 2. The van der Waals surface area contributed by atoms with E-state index in [1.807, 2.05) is 13.8 Å². The van der Waals surface area contributed by atoms with Crippen molar-refractivity contribution in [2.24, 2.45) is 0 Å². The van der Waals surface area contributed by atoms with Crippen LogP contribution in [-0.2, 0) is 6.54 Å². The maximum atomic E-state index is 11.5. The Balaban J connectivity index is 2.33. The van der Waals surface area contributed by atoms with Crippen molar-refractivity contribution in [1.82, 2.24) is 9.55 Å². The molecule has 2 aromatic heterocycles.